The number of hydrogen-bond donors (Lipinski definition) is 1. The molecule has 0 spiro atoms. The molecular weight excluding hydrogens is 248 g/mol. The van der Waals surface area contributed by atoms with Gasteiger partial charge in [0.05, 0.1) is 0 Å². The van der Waals surface area contributed by atoms with Crippen LogP contribution < -0.4 is 10.9 Å². The smallest absolute Gasteiger partial charge is 0.250 e. The molecule has 1 aliphatic carbocycles. The zero-order valence-corrected chi connectivity index (χ0v) is 13.0. The molecule has 1 aliphatic rings. The third-order valence-electron chi connectivity index (χ3n) is 4.30. The summed E-state index contributed by atoms with van der Waals surface area (Å²) in [4.78, 5) is 12.2. The van der Waals surface area contributed by atoms with Crippen molar-refractivity contribution in [2.45, 2.75) is 71.4 Å². The molecule has 0 amide bonds. The normalized spacial score (nSPS) is 18.0. The van der Waals surface area contributed by atoms with E-state index in [9.17, 15) is 4.79 Å². The van der Waals surface area contributed by atoms with E-state index in [-0.39, 0.29) is 5.56 Å². The number of nitrogens with one attached hydrogen (secondary N) is 1. The number of fused-ring (bicyclic) bond motifs is 1. The molecule has 1 aromatic rings. The maximum atomic E-state index is 12.2. The highest BCUT2D eigenvalue weighted by atomic mass is 16.1. The van der Waals surface area contributed by atoms with E-state index in [4.69, 9.17) is 0 Å². The Morgan fingerprint density at radius 1 is 1.25 bits per heavy atom. The van der Waals surface area contributed by atoms with Crippen molar-refractivity contribution in [2.75, 3.05) is 6.54 Å². The number of hydrogen-bond acceptors (Lipinski definition) is 2. The molecule has 0 radical (unpaired) electrons. The molecule has 2 rings (SSSR count). The molecule has 1 aromatic heterocycles. The molecular formula is C17H28N2O. The quantitative estimate of drug-likeness (QED) is 0.774. The van der Waals surface area contributed by atoms with Gasteiger partial charge in [-0.3, -0.25) is 4.79 Å². The Bertz CT molecular complexity index is 478. The lowest BCUT2D eigenvalue weighted by Crippen LogP contribution is -2.31. The minimum absolute atomic E-state index is 0.178. The molecule has 0 fully saturated rings. The summed E-state index contributed by atoms with van der Waals surface area (Å²) < 4.78 is 2.04. The van der Waals surface area contributed by atoms with Crippen molar-refractivity contribution in [1.82, 2.24) is 9.88 Å². The number of nitrogens with zero attached hydrogens (tertiary/aromatic N) is 1. The first-order valence-corrected chi connectivity index (χ1v) is 8.24. The zero-order valence-electron chi connectivity index (χ0n) is 13.0. The van der Waals surface area contributed by atoms with Crippen LogP contribution in [0.5, 0.6) is 0 Å². The first-order chi connectivity index (χ1) is 9.77. The van der Waals surface area contributed by atoms with Crippen LogP contribution in [0.25, 0.3) is 0 Å². The van der Waals surface area contributed by atoms with Crippen molar-refractivity contribution in [3.63, 3.8) is 0 Å². The molecule has 1 heterocycles. The molecule has 1 N–H and O–H groups in total. The topological polar surface area (TPSA) is 34.0 Å². The molecule has 0 saturated carbocycles. The summed E-state index contributed by atoms with van der Waals surface area (Å²) in [6.07, 6.45) is 8.28. The average molecular weight is 276 g/mol. The van der Waals surface area contributed by atoms with E-state index in [0.717, 1.165) is 25.9 Å². The highest BCUT2D eigenvalue weighted by molar-refractivity contribution is 5.27. The van der Waals surface area contributed by atoms with Crippen LogP contribution in [0.2, 0.25) is 0 Å². The predicted molar refractivity (Wildman–Crippen MR) is 84.2 cm³/mol. The Labute approximate surface area is 122 Å². The Morgan fingerprint density at radius 2 is 2.10 bits per heavy atom. The number of aromatic nitrogens is 1. The summed E-state index contributed by atoms with van der Waals surface area (Å²) in [5, 5.41) is 3.55. The minimum atomic E-state index is 0.178. The molecule has 3 nitrogen and oxygen atoms in total. The Balaban J connectivity index is 2.18. The monoisotopic (exact) mass is 276 g/mol. The van der Waals surface area contributed by atoms with Crippen LogP contribution in [0.4, 0.5) is 0 Å². The molecule has 1 unspecified atom stereocenters. The molecule has 20 heavy (non-hydrogen) atoms. The Hall–Kier alpha value is -1.09. The van der Waals surface area contributed by atoms with Crippen molar-refractivity contribution in [2.24, 2.45) is 0 Å². The summed E-state index contributed by atoms with van der Waals surface area (Å²) in [5.41, 5.74) is 2.82. The number of unbranched alkanes of at least 4 members (excludes halogenated alkanes) is 3. The minimum Gasteiger partial charge on any atom is -0.312 e. The molecule has 0 saturated heterocycles. The standard InChI is InChI=1S/C17H28N2O/c1-3-5-6-7-13-19-16-10-8-9-15(18-4-2)14(16)11-12-17(19)20/h11-12,15,18H,3-10,13H2,1-2H3. The van der Waals surface area contributed by atoms with Crippen LogP contribution in [0, 0.1) is 0 Å². The Morgan fingerprint density at radius 3 is 2.85 bits per heavy atom. The van der Waals surface area contributed by atoms with E-state index in [2.05, 4.69) is 19.2 Å². The number of pyridine rings is 1. The van der Waals surface area contributed by atoms with Gasteiger partial charge in [-0.1, -0.05) is 39.2 Å². The van der Waals surface area contributed by atoms with Crippen LogP contribution in [0.15, 0.2) is 16.9 Å². The maximum absolute atomic E-state index is 12.2. The molecule has 3 heteroatoms. The van der Waals surface area contributed by atoms with E-state index < -0.39 is 0 Å². The van der Waals surface area contributed by atoms with Crippen molar-refractivity contribution in [1.29, 1.82) is 0 Å². The van der Waals surface area contributed by atoms with E-state index in [1.807, 2.05) is 10.6 Å². The van der Waals surface area contributed by atoms with Crippen molar-refractivity contribution in [3.05, 3.63) is 33.7 Å². The predicted octanol–water partition coefficient (Wildman–Crippen LogP) is 3.42. The highest BCUT2D eigenvalue weighted by Gasteiger charge is 2.22. The first-order valence-electron chi connectivity index (χ1n) is 8.24. The third kappa shape index (κ3) is 3.51. The molecule has 0 aliphatic heterocycles. The molecule has 1 atom stereocenters. The lowest BCUT2D eigenvalue weighted by Gasteiger charge is -2.28. The van der Waals surface area contributed by atoms with Gasteiger partial charge < -0.3 is 9.88 Å². The van der Waals surface area contributed by atoms with Crippen molar-refractivity contribution < 1.29 is 0 Å². The van der Waals surface area contributed by atoms with E-state index in [1.54, 1.807) is 6.07 Å². The van der Waals surface area contributed by atoms with E-state index >= 15 is 0 Å². The van der Waals surface area contributed by atoms with Crippen molar-refractivity contribution in [3.8, 4) is 0 Å². The largest absolute Gasteiger partial charge is 0.312 e. The maximum Gasteiger partial charge on any atom is 0.250 e. The van der Waals surface area contributed by atoms with Gasteiger partial charge in [-0.2, -0.15) is 0 Å². The summed E-state index contributed by atoms with van der Waals surface area (Å²) >= 11 is 0. The van der Waals surface area contributed by atoms with Gasteiger partial charge in [0.15, 0.2) is 0 Å². The van der Waals surface area contributed by atoms with Gasteiger partial charge in [-0.15, -0.1) is 0 Å². The fraction of sp³-hybridized carbons (Fsp3) is 0.706. The van der Waals surface area contributed by atoms with Gasteiger partial charge >= 0.3 is 0 Å². The van der Waals surface area contributed by atoms with Crippen LogP contribution >= 0.6 is 0 Å². The fourth-order valence-corrected chi connectivity index (χ4v) is 3.26. The molecule has 0 aromatic carbocycles. The fourth-order valence-electron chi connectivity index (χ4n) is 3.26. The second-order valence-corrected chi connectivity index (χ2v) is 5.79. The van der Waals surface area contributed by atoms with Crippen LogP contribution in [-0.2, 0) is 13.0 Å². The van der Waals surface area contributed by atoms with Crippen molar-refractivity contribution >= 4 is 0 Å². The lowest BCUT2D eigenvalue weighted by molar-refractivity contribution is 0.444. The summed E-state index contributed by atoms with van der Waals surface area (Å²) in [7, 11) is 0. The number of rotatable bonds is 7. The van der Waals surface area contributed by atoms with Crippen LogP contribution in [0.1, 0.15) is 69.7 Å². The summed E-state index contributed by atoms with van der Waals surface area (Å²) in [5.74, 6) is 0. The van der Waals surface area contributed by atoms with E-state index in [1.165, 1.54) is 43.4 Å². The van der Waals surface area contributed by atoms with Gasteiger partial charge in [0.2, 0.25) is 0 Å². The van der Waals surface area contributed by atoms with E-state index in [0.29, 0.717) is 6.04 Å². The van der Waals surface area contributed by atoms with Gasteiger partial charge in [0.1, 0.15) is 0 Å². The molecule has 112 valence electrons. The van der Waals surface area contributed by atoms with Crippen LogP contribution in [-0.4, -0.2) is 11.1 Å². The Kier molecular flexibility index (Phi) is 5.84. The van der Waals surface area contributed by atoms with Gasteiger partial charge in [-0.05, 0) is 37.8 Å². The highest BCUT2D eigenvalue weighted by Crippen LogP contribution is 2.28. The average Bonchev–Trinajstić information content (AvgIpc) is 2.46. The SMILES string of the molecule is CCCCCCn1c2c(ccc1=O)C(NCC)CCC2. The summed E-state index contributed by atoms with van der Waals surface area (Å²) in [6, 6.07) is 4.24. The first kappa shape index (κ1) is 15.3. The van der Waals surface area contributed by atoms with Gasteiger partial charge in [0, 0.05) is 24.3 Å². The van der Waals surface area contributed by atoms with Crippen LogP contribution in [0.3, 0.4) is 0 Å². The van der Waals surface area contributed by atoms with Gasteiger partial charge in [-0.25, -0.2) is 0 Å². The second kappa shape index (κ2) is 7.63. The van der Waals surface area contributed by atoms with Gasteiger partial charge in [0.25, 0.3) is 5.56 Å². The third-order valence-corrected chi connectivity index (χ3v) is 4.30. The second-order valence-electron chi connectivity index (χ2n) is 5.79. The lowest BCUT2D eigenvalue weighted by atomic mass is 9.90. The summed E-state index contributed by atoms with van der Waals surface area (Å²) in [6.45, 7) is 6.24. The zero-order chi connectivity index (χ0) is 14.4. The molecule has 0 bridgehead atoms.